The molecule has 24 heavy (non-hydrogen) atoms. The molecule has 0 aliphatic heterocycles. The van der Waals surface area contributed by atoms with Gasteiger partial charge in [0.25, 0.3) is 0 Å². The zero-order chi connectivity index (χ0) is 17.8. The number of amides is 2. The summed E-state index contributed by atoms with van der Waals surface area (Å²) in [5.41, 5.74) is 0.782. The van der Waals surface area contributed by atoms with E-state index in [2.05, 4.69) is 39.5 Å². The minimum atomic E-state index is -0.222. The molecule has 0 saturated heterocycles. The van der Waals surface area contributed by atoms with Crippen molar-refractivity contribution in [2.75, 3.05) is 6.54 Å². The fourth-order valence-electron chi connectivity index (χ4n) is 2.37. The molecule has 2 aromatic rings. The normalized spacial score (nSPS) is 12.0. The number of carbonyl (C=O) groups is 1. The van der Waals surface area contributed by atoms with Crippen molar-refractivity contribution in [3.8, 4) is 0 Å². The van der Waals surface area contributed by atoms with Crippen molar-refractivity contribution < 1.29 is 4.79 Å². The van der Waals surface area contributed by atoms with E-state index < -0.39 is 0 Å². The van der Waals surface area contributed by atoms with E-state index in [1.165, 1.54) is 6.33 Å². The highest BCUT2D eigenvalue weighted by Gasteiger charge is 2.22. The van der Waals surface area contributed by atoms with E-state index >= 15 is 0 Å². The van der Waals surface area contributed by atoms with Gasteiger partial charge >= 0.3 is 6.03 Å². The number of urea groups is 1. The Labute approximate surface area is 142 Å². The summed E-state index contributed by atoms with van der Waals surface area (Å²) in [6.45, 7) is 11.2. The second kappa shape index (κ2) is 6.98. The van der Waals surface area contributed by atoms with E-state index in [-0.39, 0.29) is 17.0 Å². The lowest BCUT2D eigenvalue weighted by atomic mass is 9.85. The van der Waals surface area contributed by atoms with Crippen LogP contribution in [0.2, 0.25) is 0 Å². The maximum Gasteiger partial charge on any atom is 0.315 e. The van der Waals surface area contributed by atoms with E-state index in [9.17, 15) is 4.79 Å². The molecular formula is C17H26N6O. The van der Waals surface area contributed by atoms with Crippen LogP contribution in [0.1, 0.15) is 46.0 Å². The predicted octanol–water partition coefficient (Wildman–Crippen LogP) is 2.21. The van der Waals surface area contributed by atoms with Crippen LogP contribution < -0.4 is 10.6 Å². The third-order valence-corrected chi connectivity index (χ3v) is 3.81. The summed E-state index contributed by atoms with van der Waals surface area (Å²) in [6.07, 6.45) is 5.03. The van der Waals surface area contributed by atoms with Gasteiger partial charge in [-0.2, -0.15) is 5.10 Å². The summed E-state index contributed by atoms with van der Waals surface area (Å²) < 4.78 is 1.81. The Balaban J connectivity index is 1.87. The molecule has 0 aromatic carbocycles. The minimum absolute atomic E-state index is 0.173. The Morgan fingerprint density at radius 1 is 1.12 bits per heavy atom. The molecule has 0 radical (unpaired) electrons. The molecule has 2 rings (SSSR count). The summed E-state index contributed by atoms with van der Waals surface area (Å²) in [6, 6.07) is 3.71. The number of hydrogen-bond donors (Lipinski definition) is 2. The summed E-state index contributed by atoms with van der Waals surface area (Å²) >= 11 is 0. The number of carbonyl (C=O) groups excluding carboxylic acids is 1. The van der Waals surface area contributed by atoms with Crippen LogP contribution in [0.25, 0.3) is 0 Å². The molecule has 2 aromatic heterocycles. The fraction of sp³-hybridized carbons (Fsp3) is 0.529. The molecule has 0 fully saturated rings. The molecule has 0 unspecified atom stereocenters. The first kappa shape index (κ1) is 17.9. The van der Waals surface area contributed by atoms with Gasteiger partial charge in [0.05, 0.1) is 12.1 Å². The summed E-state index contributed by atoms with van der Waals surface area (Å²) in [5.74, 6) is 0.728. The van der Waals surface area contributed by atoms with Crippen LogP contribution in [0.4, 0.5) is 4.79 Å². The average molecular weight is 330 g/mol. The topological polar surface area (TPSA) is 84.7 Å². The molecule has 0 saturated carbocycles. The van der Waals surface area contributed by atoms with Gasteiger partial charge in [-0.05, 0) is 38.5 Å². The molecule has 0 bridgehead atoms. The maximum atomic E-state index is 12.1. The molecule has 0 spiro atoms. The predicted molar refractivity (Wildman–Crippen MR) is 92.5 cm³/mol. The van der Waals surface area contributed by atoms with Crippen LogP contribution in [0.3, 0.4) is 0 Å². The molecule has 2 N–H and O–H groups in total. The van der Waals surface area contributed by atoms with Gasteiger partial charge in [-0.3, -0.25) is 4.98 Å². The fourth-order valence-corrected chi connectivity index (χ4v) is 2.37. The zero-order valence-corrected chi connectivity index (χ0v) is 15.0. The van der Waals surface area contributed by atoms with Crippen LogP contribution in [0.5, 0.6) is 0 Å². The number of nitrogens with one attached hydrogen (secondary N) is 2. The van der Waals surface area contributed by atoms with E-state index in [1.807, 2.05) is 37.6 Å². The van der Waals surface area contributed by atoms with Crippen LogP contribution in [-0.2, 0) is 17.5 Å². The zero-order valence-electron chi connectivity index (χ0n) is 15.0. The van der Waals surface area contributed by atoms with Gasteiger partial charge in [0.15, 0.2) is 0 Å². The number of nitrogens with zero attached hydrogens (tertiary/aromatic N) is 4. The molecule has 7 heteroatoms. The number of pyridine rings is 1. The van der Waals surface area contributed by atoms with E-state index in [1.54, 1.807) is 12.4 Å². The van der Waals surface area contributed by atoms with Gasteiger partial charge in [-0.25, -0.2) is 14.5 Å². The lowest BCUT2D eigenvalue weighted by Gasteiger charge is -2.25. The van der Waals surface area contributed by atoms with Crippen molar-refractivity contribution in [3.05, 3.63) is 42.2 Å². The molecular weight excluding hydrogens is 304 g/mol. The third kappa shape index (κ3) is 4.53. The first-order chi connectivity index (χ1) is 11.2. The molecule has 7 nitrogen and oxygen atoms in total. The molecule has 2 heterocycles. The lowest BCUT2D eigenvalue weighted by molar-refractivity contribution is 0.237. The van der Waals surface area contributed by atoms with Gasteiger partial charge < -0.3 is 10.6 Å². The highest BCUT2D eigenvalue weighted by Crippen LogP contribution is 2.21. The van der Waals surface area contributed by atoms with Crippen molar-refractivity contribution in [2.24, 2.45) is 0 Å². The third-order valence-electron chi connectivity index (χ3n) is 3.81. The summed E-state index contributed by atoms with van der Waals surface area (Å²) in [7, 11) is 0. The smallest absolute Gasteiger partial charge is 0.315 e. The molecule has 0 aliphatic carbocycles. The molecule has 0 aliphatic rings. The molecule has 0 atom stereocenters. The number of aromatic nitrogens is 4. The van der Waals surface area contributed by atoms with Gasteiger partial charge in [0.1, 0.15) is 12.2 Å². The van der Waals surface area contributed by atoms with Gasteiger partial charge in [0.2, 0.25) is 0 Å². The maximum absolute atomic E-state index is 12.1. The van der Waals surface area contributed by atoms with Gasteiger partial charge in [0, 0.05) is 24.4 Å². The Hall–Kier alpha value is -2.44. The van der Waals surface area contributed by atoms with E-state index in [0.29, 0.717) is 13.1 Å². The molecule has 2 amide bonds. The van der Waals surface area contributed by atoms with Crippen molar-refractivity contribution in [1.29, 1.82) is 0 Å². The monoisotopic (exact) mass is 330 g/mol. The Morgan fingerprint density at radius 3 is 2.42 bits per heavy atom. The van der Waals surface area contributed by atoms with Crippen molar-refractivity contribution in [1.82, 2.24) is 30.4 Å². The summed E-state index contributed by atoms with van der Waals surface area (Å²) in [4.78, 5) is 20.3. The largest absolute Gasteiger partial charge is 0.337 e. The first-order valence-corrected chi connectivity index (χ1v) is 8.02. The van der Waals surface area contributed by atoms with Crippen LogP contribution >= 0.6 is 0 Å². The van der Waals surface area contributed by atoms with Gasteiger partial charge in [-0.1, -0.05) is 13.8 Å². The quantitative estimate of drug-likeness (QED) is 0.880. The van der Waals surface area contributed by atoms with Crippen molar-refractivity contribution >= 4 is 6.03 Å². The van der Waals surface area contributed by atoms with Crippen molar-refractivity contribution in [3.63, 3.8) is 0 Å². The highest BCUT2D eigenvalue weighted by atomic mass is 16.2. The van der Waals surface area contributed by atoms with E-state index in [4.69, 9.17) is 0 Å². The summed E-state index contributed by atoms with van der Waals surface area (Å²) in [5, 5.41) is 9.97. The van der Waals surface area contributed by atoms with Crippen LogP contribution in [0, 0.1) is 0 Å². The second-order valence-electron chi connectivity index (χ2n) is 7.41. The lowest BCUT2D eigenvalue weighted by Crippen LogP contribution is -2.42. The van der Waals surface area contributed by atoms with Gasteiger partial charge in [-0.15, -0.1) is 0 Å². The Morgan fingerprint density at radius 2 is 1.79 bits per heavy atom. The molecule has 130 valence electrons. The van der Waals surface area contributed by atoms with Crippen molar-refractivity contribution in [2.45, 2.75) is 52.1 Å². The average Bonchev–Trinajstić information content (AvgIpc) is 3.01. The van der Waals surface area contributed by atoms with E-state index in [0.717, 1.165) is 11.4 Å². The number of rotatable bonds is 5. The Kier molecular flexibility index (Phi) is 5.21. The SMILES string of the molecule is CC(C)(CNC(=O)NCc1ncnn1C(C)(C)C)c1ccncc1. The minimum Gasteiger partial charge on any atom is -0.337 e. The highest BCUT2D eigenvalue weighted by molar-refractivity contribution is 5.73. The number of hydrogen-bond acceptors (Lipinski definition) is 4. The van der Waals surface area contributed by atoms with Crippen LogP contribution in [0.15, 0.2) is 30.9 Å². The first-order valence-electron chi connectivity index (χ1n) is 8.02. The van der Waals surface area contributed by atoms with Crippen LogP contribution in [-0.4, -0.2) is 32.3 Å². The Bertz CT molecular complexity index is 672. The second-order valence-corrected chi connectivity index (χ2v) is 7.41. The standard InChI is InChI=1S/C17H26N6O/c1-16(2,3)23-14(21-12-22-23)10-19-15(24)20-11-17(4,5)13-6-8-18-9-7-13/h6-9,12H,10-11H2,1-5H3,(H2,19,20,24).